The Hall–Kier alpha value is -3.08. The van der Waals surface area contributed by atoms with E-state index < -0.39 is 5.97 Å². The zero-order chi connectivity index (χ0) is 15.5. The number of aromatic nitrogens is 1. The Kier molecular flexibility index (Phi) is 3.62. The maximum atomic E-state index is 11.3. The monoisotopic (exact) mass is 294 g/mol. The smallest absolute Gasteiger partial charge is 0.337 e. The van der Waals surface area contributed by atoms with E-state index in [1.54, 1.807) is 43.6 Å². The van der Waals surface area contributed by atoms with E-state index in [9.17, 15) is 9.90 Å². The fourth-order valence-corrected chi connectivity index (χ4v) is 2.35. The van der Waals surface area contributed by atoms with Gasteiger partial charge in [0, 0.05) is 17.3 Å². The first kappa shape index (κ1) is 13.9. The van der Waals surface area contributed by atoms with Gasteiger partial charge in [-0.25, -0.2) is 4.79 Å². The van der Waals surface area contributed by atoms with Gasteiger partial charge in [0.25, 0.3) is 0 Å². The standard InChI is InChI=1S/C17H14N2O3/c1-22-15-8-4-6-11-14(9-10-18-16(11)15)19-13-7-3-2-5-12(13)17(20)21/h2-10H,1H3,(H,18,19)(H,20,21). The van der Waals surface area contributed by atoms with Crippen LogP contribution in [0.15, 0.2) is 54.7 Å². The predicted octanol–water partition coefficient (Wildman–Crippen LogP) is 3.69. The molecule has 0 aliphatic carbocycles. The van der Waals surface area contributed by atoms with E-state index in [0.717, 1.165) is 16.6 Å². The molecule has 1 aromatic heterocycles. The molecule has 2 N–H and O–H groups in total. The molecule has 5 heteroatoms. The lowest BCUT2D eigenvalue weighted by atomic mass is 10.1. The molecular weight excluding hydrogens is 280 g/mol. The van der Waals surface area contributed by atoms with Crippen LogP contribution in [0.4, 0.5) is 11.4 Å². The number of anilines is 2. The Labute approximate surface area is 127 Å². The summed E-state index contributed by atoms with van der Waals surface area (Å²) in [5.74, 6) is -0.299. The van der Waals surface area contributed by atoms with Gasteiger partial charge in [0.05, 0.1) is 18.4 Å². The number of aromatic carboxylic acids is 1. The molecule has 0 spiro atoms. The number of para-hydroxylation sites is 2. The molecule has 0 radical (unpaired) electrons. The van der Waals surface area contributed by atoms with Crippen LogP contribution in [0.3, 0.4) is 0 Å². The summed E-state index contributed by atoms with van der Waals surface area (Å²) in [6, 6.07) is 14.2. The van der Waals surface area contributed by atoms with Gasteiger partial charge in [-0.1, -0.05) is 24.3 Å². The Bertz CT molecular complexity index is 846. The molecule has 110 valence electrons. The summed E-state index contributed by atoms with van der Waals surface area (Å²) in [5.41, 5.74) is 2.25. The predicted molar refractivity (Wildman–Crippen MR) is 85.0 cm³/mol. The van der Waals surface area contributed by atoms with Gasteiger partial charge in [0.15, 0.2) is 0 Å². The highest BCUT2D eigenvalue weighted by Crippen LogP contribution is 2.31. The summed E-state index contributed by atoms with van der Waals surface area (Å²) in [7, 11) is 1.59. The summed E-state index contributed by atoms with van der Waals surface area (Å²) in [5, 5.41) is 13.3. The molecule has 3 rings (SSSR count). The molecule has 22 heavy (non-hydrogen) atoms. The van der Waals surface area contributed by atoms with Crippen molar-refractivity contribution >= 4 is 28.2 Å². The first-order valence-corrected chi connectivity index (χ1v) is 6.72. The van der Waals surface area contributed by atoms with Crippen LogP contribution in [-0.2, 0) is 0 Å². The first-order chi connectivity index (χ1) is 10.7. The SMILES string of the molecule is COc1cccc2c(Nc3ccccc3C(=O)O)ccnc12. The highest BCUT2D eigenvalue weighted by Gasteiger charge is 2.11. The second-order valence-electron chi connectivity index (χ2n) is 4.69. The largest absolute Gasteiger partial charge is 0.494 e. The van der Waals surface area contributed by atoms with Crippen molar-refractivity contribution in [3.63, 3.8) is 0 Å². The molecule has 0 fully saturated rings. The molecule has 3 aromatic rings. The minimum atomic E-state index is -0.973. The van der Waals surface area contributed by atoms with Gasteiger partial charge in [-0.05, 0) is 24.3 Å². The molecule has 0 amide bonds. The average Bonchev–Trinajstić information content (AvgIpc) is 2.55. The van der Waals surface area contributed by atoms with Crippen LogP contribution in [-0.4, -0.2) is 23.2 Å². The molecule has 0 aliphatic rings. The zero-order valence-electron chi connectivity index (χ0n) is 11.9. The molecule has 0 saturated carbocycles. The summed E-state index contributed by atoms with van der Waals surface area (Å²) in [4.78, 5) is 15.6. The average molecular weight is 294 g/mol. The Balaban J connectivity index is 2.11. The third-order valence-electron chi connectivity index (χ3n) is 3.38. The third-order valence-corrected chi connectivity index (χ3v) is 3.38. The van der Waals surface area contributed by atoms with Crippen LogP contribution in [0.1, 0.15) is 10.4 Å². The van der Waals surface area contributed by atoms with Gasteiger partial charge >= 0.3 is 5.97 Å². The molecule has 1 heterocycles. The summed E-state index contributed by atoms with van der Waals surface area (Å²) in [6.07, 6.45) is 1.66. The van der Waals surface area contributed by atoms with Crippen LogP contribution in [0.25, 0.3) is 10.9 Å². The van der Waals surface area contributed by atoms with E-state index in [2.05, 4.69) is 10.3 Å². The van der Waals surface area contributed by atoms with Crippen molar-refractivity contribution in [2.75, 3.05) is 12.4 Å². The van der Waals surface area contributed by atoms with E-state index in [4.69, 9.17) is 4.74 Å². The Morgan fingerprint density at radius 2 is 1.91 bits per heavy atom. The van der Waals surface area contributed by atoms with Gasteiger partial charge < -0.3 is 15.2 Å². The van der Waals surface area contributed by atoms with Crippen LogP contribution >= 0.6 is 0 Å². The summed E-state index contributed by atoms with van der Waals surface area (Å²) < 4.78 is 5.31. The maximum absolute atomic E-state index is 11.3. The van der Waals surface area contributed by atoms with Gasteiger partial charge in [-0.2, -0.15) is 0 Å². The van der Waals surface area contributed by atoms with Crippen molar-refractivity contribution in [2.45, 2.75) is 0 Å². The van der Waals surface area contributed by atoms with E-state index >= 15 is 0 Å². The lowest BCUT2D eigenvalue weighted by molar-refractivity contribution is 0.0698. The maximum Gasteiger partial charge on any atom is 0.337 e. The van der Waals surface area contributed by atoms with Gasteiger partial charge in [-0.15, -0.1) is 0 Å². The number of methoxy groups -OCH3 is 1. The second-order valence-corrected chi connectivity index (χ2v) is 4.69. The zero-order valence-corrected chi connectivity index (χ0v) is 11.9. The number of carboxylic acid groups (broad SMARTS) is 1. The number of benzene rings is 2. The van der Waals surface area contributed by atoms with Crippen LogP contribution < -0.4 is 10.1 Å². The lowest BCUT2D eigenvalue weighted by Gasteiger charge is -2.12. The molecule has 0 atom stereocenters. The number of hydrogen-bond donors (Lipinski definition) is 2. The fraction of sp³-hybridized carbons (Fsp3) is 0.0588. The lowest BCUT2D eigenvalue weighted by Crippen LogP contribution is -2.02. The number of pyridine rings is 1. The number of hydrogen-bond acceptors (Lipinski definition) is 4. The van der Waals surface area contributed by atoms with Crippen LogP contribution in [0.5, 0.6) is 5.75 Å². The third kappa shape index (κ3) is 2.44. The normalized spacial score (nSPS) is 10.4. The van der Waals surface area contributed by atoms with Crippen molar-refractivity contribution in [1.29, 1.82) is 0 Å². The number of nitrogens with zero attached hydrogens (tertiary/aromatic N) is 1. The molecular formula is C17H14N2O3. The minimum absolute atomic E-state index is 0.218. The van der Waals surface area contributed by atoms with Crippen LogP contribution in [0.2, 0.25) is 0 Å². The van der Waals surface area contributed by atoms with Gasteiger partial charge in [0.2, 0.25) is 0 Å². The minimum Gasteiger partial charge on any atom is -0.494 e. The number of carbonyl (C=O) groups is 1. The molecule has 0 bridgehead atoms. The number of ether oxygens (including phenoxy) is 1. The van der Waals surface area contributed by atoms with Gasteiger partial charge in [0.1, 0.15) is 11.3 Å². The van der Waals surface area contributed by atoms with E-state index in [1.807, 2.05) is 18.2 Å². The number of nitrogens with one attached hydrogen (secondary N) is 1. The van der Waals surface area contributed by atoms with Crippen molar-refractivity contribution in [1.82, 2.24) is 4.98 Å². The number of rotatable bonds is 4. The molecule has 5 nitrogen and oxygen atoms in total. The summed E-state index contributed by atoms with van der Waals surface area (Å²) >= 11 is 0. The quantitative estimate of drug-likeness (QED) is 0.768. The van der Waals surface area contributed by atoms with Crippen molar-refractivity contribution in [3.8, 4) is 5.75 Å². The fourth-order valence-electron chi connectivity index (χ4n) is 2.35. The molecule has 2 aromatic carbocycles. The van der Waals surface area contributed by atoms with Crippen molar-refractivity contribution < 1.29 is 14.6 Å². The van der Waals surface area contributed by atoms with Crippen molar-refractivity contribution in [2.24, 2.45) is 0 Å². The van der Waals surface area contributed by atoms with E-state index in [0.29, 0.717) is 11.4 Å². The number of carboxylic acids is 1. The molecule has 0 unspecified atom stereocenters. The number of fused-ring (bicyclic) bond motifs is 1. The van der Waals surface area contributed by atoms with Crippen molar-refractivity contribution in [3.05, 3.63) is 60.3 Å². The van der Waals surface area contributed by atoms with E-state index in [1.165, 1.54) is 0 Å². The topological polar surface area (TPSA) is 71.5 Å². The Morgan fingerprint density at radius 3 is 2.68 bits per heavy atom. The summed E-state index contributed by atoms with van der Waals surface area (Å²) in [6.45, 7) is 0. The Morgan fingerprint density at radius 1 is 1.09 bits per heavy atom. The van der Waals surface area contributed by atoms with Gasteiger partial charge in [-0.3, -0.25) is 4.98 Å². The second kappa shape index (κ2) is 5.73. The molecule has 0 aliphatic heterocycles. The molecule has 0 saturated heterocycles. The highest BCUT2D eigenvalue weighted by molar-refractivity contribution is 5.99. The highest BCUT2D eigenvalue weighted by atomic mass is 16.5. The first-order valence-electron chi connectivity index (χ1n) is 6.72. The van der Waals surface area contributed by atoms with E-state index in [-0.39, 0.29) is 5.56 Å². The van der Waals surface area contributed by atoms with Crippen LogP contribution in [0, 0.1) is 0 Å².